The van der Waals surface area contributed by atoms with Gasteiger partial charge in [0.2, 0.25) is 5.95 Å². The lowest BCUT2D eigenvalue weighted by Gasteiger charge is -2.20. The normalized spacial score (nSPS) is 13.9. The number of anilines is 1. The molecule has 0 spiro atoms. The van der Waals surface area contributed by atoms with Gasteiger partial charge in [0.25, 0.3) is 0 Å². The zero-order chi connectivity index (χ0) is 13.9. The van der Waals surface area contributed by atoms with Crippen LogP contribution in [0.3, 0.4) is 0 Å². The Morgan fingerprint density at radius 1 is 1.25 bits per heavy atom. The van der Waals surface area contributed by atoms with Gasteiger partial charge in [-0.3, -0.25) is 0 Å². The Morgan fingerprint density at radius 3 is 2.80 bits per heavy atom. The molecule has 1 aliphatic rings. The minimum atomic E-state index is -0.235. The van der Waals surface area contributed by atoms with Gasteiger partial charge in [-0.05, 0) is 31.2 Å². The van der Waals surface area contributed by atoms with E-state index in [0.29, 0.717) is 5.95 Å². The highest BCUT2D eigenvalue weighted by Crippen LogP contribution is 2.27. The standard InChI is InChI=1S/C15H17FN4/c1-2-18-15-19-13-7-8-17-9-12(13)14(20-15)10-3-5-11(16)6-4-10/h3-6,17H,2,7-9H2,1H3,(H,18,19,20). The van der Waals surface area contributed by atoms with Crippen molar-refractivity contribution in [2.24, 2.45) is 0 Å². The van der Waals surface area contributed by atoms with Crippen LogP contribution in [0.1, 0.15) is 18.2 Å². The van der Waals surface area contributed by atoms with E-state index in [9.17, 15) is 4.39 Å². The third-order valence-electron chi connectivity index (χ3n) is 3.39. The fourth-order valence-electron chi connectivity index (χ4n) is 2.43. The first kappa shape index (κ1) is 13.0. The van der Waals surface area contributed by atoms with E-state index in [-0.39, 0.29) is 5.82 Å². The maximum atomic E-state index is 13.1. The molecule has 0 amide bonds. The molecule has 1 aromatic heterocycles. The van der Waals surface area contributed by atoms with Crippen LogP contribution >= 0.6 is 0 Å². The van der Waals surface area contributed by atoms with Crippen molar-refractivity contribution >= 4 is 5.95 Å². The van der Waals surface area contributed by atoms with Crippen LogP contribution in [-0.4, -0.2) is 23.1 Å². The molecule has 0 bridgehead atoms. The van der Waals surface area contributed by atoms with Gasteiger partial charge >= 0.3 is 0 Å². The molecule has 0 aliphatic carbocycles. The summed E-state index contributed by atoms with van der Waals surface area (Å²) < 4.78 is 13.1. The van der Waals surface area contributed by atoms with Crippen molar-refractivity contribution in [3.05, 3.63) is 41.3 Å². The van der Waals surface area contributed by atoms with Gasteiger partial charge in [0.15, 0.2) is 0 Å². The zero-order valence-electron chi connectivity index (χ0n) is 11.4. The number of hydrogen-bond acceptors (Lipinski definition) is 4. The molecule has 1 aromatic carbocycles. The van der Waals surface area contributed by atoms with Crippen LogP contribution in [0.25, 0.3) is 11.3 Å². The Kier molecular flexibility index (Phi) is 3.60. The summed E-state index contributed by atoms with van der Waals surface area (Å²) in [4.78, 5) is 9.16. The third-order valence-corrected chi connectivity index (χ3v) is 3.39. The molecule has 3 rings (SSSR count). The third kappa shape index (κ3) is 2.49. The number of halogens is 1. The monoisotopic (exact) mass is 272 g/mol. The van der Waals surface area contributed by atoms with Gasteiger partial charge < -0.3 is 10.6 Å². The molecule has 2 aromatic rings. The average Bonchev–Trinajstić information content (AvgIpc) is 2.48. The van der Waals surface area contributed by atoms with Crippen LogP contribution in [0.5, 0.6) is 0 Å². The maximum absolute atomic E-state index is 13.1. The summed E-state index contributed by atoms with van der Waals surface area (Å²) >= 11 is 0. The van der Waals surface area contributed by atoms with Gasteiger partial charge in [-0.15, -0.1) is 0 Å². The SMILES string of the molecule is CCNc1nc2c(c(-c3ccc(F)cc3)n1)CNCC2. The molecule has 0 unspecified atom stereocenters. The van der Waals surface area contributed by atoms with Crippen molar-refractivity contribution in [3.8, 4) is 11.3 Å². The van der Waals surface area contributed by atoms with Gasteiger partial charge in [-0.25, -0.2) is 14.4 Å². The molecule has 2 heterocycles. The lowest BCUT2D eigenvalue weighted by atomic mass is 10.0. The van der Waals surface area contributed by atoms with Crippen molar-refractivity contribution in [2.45, 2.75) is 19.9 Å². The molecule has 0 saturated carbocycles. The molecule has 104 valence electrons. The Bertz CT molecular complexity index is 610. The maximum Gasteiger partial charge on any atom is 0.223 e. The van der Waals surface area contributed by atoms with Crippen LogP contribution in [0.15, 0.2) is 24.3 Å². The molecular formula is C15H17FN4. The largest absolute Gasteiger partial charge is 0.354 e. The van der Waals surface area contributed by atoms with Crippen LogP contribution in [0.4, 0.5) is 10.3 Å². The molecule has 5 heteroatoms. The first-order valence-electron chi connectivity index (χ1n) is 6.88. The van der Waals surface area contributed by atoms with Gasteiger partial charge in [-0.1, -0.05) is 0 Å². The molecule has 0 radical (unpaired) electrons. The summed E-state index contributed by atoms with van der Waals surface area (Å²) in [5.74, 6) is 0.411. The van der Waals surface area contributed by atoms with E-state index in [4.69, 9.17) is 0 Å². The lowest BCUT2D eigenvalue weighted by Crippen LogP contribution is -2.26. The second kappa shape index (κ2) is 5.54. The smallest absolute Gasteiger partial charge is 0.223 e. The number of hydrogen-bond donors (Lipinski definition) is 2. The number of nitrogens with zero attached hydrogens (tertiary/aromatic N) is 2. The molecule has 20 heavy (non-hydrogen) atoms. The van der Waals surface area contributed by atoms with Crippen LogP contribution in [-0.2, 0) is 13.0 Å². The Balaban J connectivity index is 2.11. The van der Waals surface area contributed by atoms with E-state index in [1.807, 2.05) is 6.92 Å². The van der Waals surface area contributed by atoms with Crippen molar-refractivity contribution in [2.75, 3.05) is 18.4 Å². The fourth-order valence-corrected chi connectivity index (χ4v) is 2.43. The molecule has 0 atom stereocenters. The predicted molar refractivity (Wildman–Crippen MR) is 77.0 cm³/mol. The van der Waals surface area contributed by atoms with E-state index in [1.54, 1.807) is 12.1 Å². The topological polar surface area (TPSA) is 49.8 Å². The lowest BCUT2D eigenvalue weighted by molar-refractivity contribution is 0.626. The quantitative estimate of drug-likeness (QED) is 0.900. The number of benzene rings is 1. The minimum absolute atomic E-state index is 0.235. The van der Waals surface area contributed by atoms with E-state index >= 15 is 0 Å². The van der Waals surface area contributed by atoms with Crippen molar-refractivity contribution in [3.63, 3.8) is 0 Å². The zero-order valence-corrected chi connectivity index (χ0v) is 11.4. The molecule has 0 fully saturated rings. The van der Waals surface area contributed by atoms with E-state index in [2.05, 4.69) is 20.6 Å². The van der Waals surface area contributed by atoms with Gasteiger partial charge in [0, 0.05) is 37.2 Å². The summed E-state index contributed by atoms with van der Waals surface area (Å²) in [6.07, 6.45) is 0.893. The summed E-state index contributed by atoms with van der Waals surface area (Å²) in [6, 6.07) is 6.46. The first-order chi connectivity index (χ1) is 9.78. The molecule has 2 N–H and O–H groups in total. The Labute approximate surface area is 117 Å². The van der Waals surface area contributed by atoms with E-state index in [0.717, 1.165) is 48.6 Å². The van der Waals surface area contributed by atoms with E-state index < -0.39 is 0 Å². The first-order valence-corrected chi connectivity index (χ1v) is 6.88. The minimum Gasteiger partial charge on any atom is -0.354 e. The summed E-state index contributed by atoms with van der Waals surface area (Å²) in [7, 11) is 0. The molecule has 1 aliphatic heterocycles. The highest BCUT2D eigenvalue weighted by Gasteiger charge is 2.18. The van der Waals surface area contributed by atoms with Gasteiger partial charge in [0.1, 0.15) is 5.82 Å². The predicted octanol–water partition coefficient (Wildman–Crippen LogP) is 2.36. The molecule has 0 saturated heterocycles. The summed E-state index contributed by atoms with van der Waals surface area (Å²) in [5.41, 5.74) is 4.00. The Hall–Kier alpha value is -2.01. The fraction of sp³-hybridized carbons (Fsp3) is 0.333. The van der Waals surface area contributed by atoms with Crippen LogP contribution in [0, 0.1) is 5.82 Å². The van der Waals surface area contributed by atoms with Crippen molar-refractivity contribution < 1.29 is 4.39 Å². The average molecular weight is 272 g/mol. The highest BCUT2D eigenvalue weighted by molar-refractivity contribution is 5.65. The summed E-state index contributed by atoms with van der Waals surface area (Å²) in [6.45, 7) is 4.48. The van der Waals surface area contributed by atoms with E-state index in [1.165, 1.54) is 12.1 Å². The number of rotatable bonds is 3. The highest BCUT2D eigenvalue weighted by atomic mass is 19.1. The molecule has 4 nitrogen and oxygen atoms in total. The number of fused-ring (bicyclic) bond motifs is 1. The van der Waals surface area contributed by atoms with Gasteiger partial charge in [-0.2, -0.15) is 0 Å². The summed E-state index contributed by atoms with van der Waals surface area (Å²) in [5, 5.41) is 6.50. The molecular weight excluding hydrogens is 255 g/mol. The number of aromatic nitrogens is 2. The van der Waals surface area contributed by atoms with Crippen molar-refractivity contribution in [1.29, 1.82) is 0 Å². The van der Waals surface area contributed by atoms with Crippen LogP contribution in [0.2, 0.25) is 0 Å². The van der Waals surface area contributed by atoms with Crippen LogP contribution < -0.4 is 10.6 Å². The second-order valence-corrected chi connectivity index (χ2v) is 4.79. The van der Waals surface area contributed by atoms with Gasteiger partial charge in [0.05, 0.1) is 11.4 Å². The Morgan fingerprint density at radius 2 is 2.05 bits per heavy atom. The number of nitrogens with one attached hydrogen (secondary N) is 2. The second-order valence-electron chi connectivity index (χ2n) is 4.79. The van der Waals surface area contributed by atoms with Crippen molar-refractivity contribution in [1.82, 2.24) is 15.3 Å².